The van der Waals surface area contributed by atoms with Gasteiger partial charge in [0, 0.05) is 30.2 Å². The second kappa shape index (κ2) is 8.03. The van der Waals surface area contributed by atoms with Crippen LogP contribution in [0.25, 0.3) is 0 Å². The van der Waals surface area contributed by atoms with Crippen LogP contribution in [0.3, 0.4) is 0 Å². The van der Waals surface area contributed by atoms with Crippen molar-refractivity contribution < 1.29 is 14.3 Å². The van der Waals surface area contributed by atoms with E-state index in [1.165, 1.54) is 4.90 Å². The lowest BCUT2D eigenvalue weighted by atomic mass is 10.3. The van der Waals surface area contributed by atoms with E-state index in [2.05, 4.69) is 15.3 Å². The summed E-state index contributed by atoms with van der Waals surface area (Å²) in [6.07, 6.45) is 0. The number of anilines is 2. The van der Waals surface area contributed by atoms with Gasteiger partial charge in [-0.3, -0.25) is 15.0 Å². The van der Waals surface area contributed by atoms with Crippen LogP contribution in [0, 0.1) is 13.8 Å². The van der Waals surface area contributed by atoms with Crippen LogP contribution in [0.4, 0.5) is 16.4 Å². The van der Waals surface area contributed by atoms with Gasteiger partial charge in [-0.25, -0.2) is 14.8 Å². The lowest BCUT2D eigenvalue weighted by Crippen LogP contribution is -2.37. The van der Waals surface area contributed by atoms with Gasteiger partial charge in [-0.15, -0.1) is 0 Å². The van der Waals surface area contributed by atoms with Crippen molar-refractivity contribution in [3.05, 3.63) is 41.7 Å². The van der Waals surface area contributed by atoms with Gasteiger partial charge in [-0.1, -0.05) is 0 Å². The number of hydrogen-bond donors (Lipinski definition) is 1. The number of ether oxygens (including phenoxy) is 1. The maximum absolute atomic E-state index is 12.6. The number of rotatable bonds is 6. The van der Waals surface area contributed by atoms with Crippen LogP contribution in [-0.2, 0) is 4.79 Å². The molecule has 0 saturated carbocycles. The third kappa shape index (κ3) is 4.52. The third-order valence-electron chi connectivity index (χ3n) is 4.12. The molecule has 0 bridgehead atoms. The molecule has 1 aromatic heterocycles. The standard InChI is InChI=1S/C19H23N5O3/c1-4-27-16-7-5-15(6-8-16)24-10-9-23(19(24)26)12-17(25)22-18-20-13(2)11-14(3)21-18/h5-8,11H,4,9-10,12H2,1-3H3,(H,20,21,22,25). The molecule has 1 N–H and O–H groups in total. The SMILES string of the molecule is CCOc1ccc(N2CCN(CC(=O)Nc3nc(C)cc(C)n3)C2=O)cc1. The predicted octanol–water partition coefficient (Wildman–Crippen LogP) is 2.37. The summed E-state index contributed by atoms with van der Waals surface area (Å²) < 4.78 is 5.42. The first kappa shape index (κ1) is 18.6. The van der Waals surface area contributed by atoms with Crippen molar-refractivity contribution in [2.75, 3.05) is 36.5 Å². The second-order valence-corrected chi connectivity index (χ2v) is 6.31. The van der Waals surface area contributed by atoms with Gasteiger partial charge in [-0.05, 0) is 51.1 Å². The maximum Gasteiger partial charge on any atom is 0.325 e. The third-order valence-corrected chi connectivity index (χ3v) is 4.12. The van der Waals surface area contributed by atoms with Crippen molar-refractivity contribution in [2.24, 2.45) is 0 Å². The molecule has 8 heteroatoms. The molecule has 0 aliphatic carbocycles. The monoisotopic (exact) mass is 369 g/mol. The number of aryl methyl sites for hydroxylation is 2. The van der Waals surface area contributed by atoms with Gasteiger partial charge in [0.15, 0.2) is 0 Å². The molecule has 3 rings (SSSR count). The number of aromatic nitrogens is 2. The normalized spacial score (nSPS) is 13.8. The zero-order valence-electron chi connectivity index (χ0n) is 15.7. The Balaban J connectivity index is 1.60. The molecule has 0 radical (unpaired) electrons. The van der Waals surface area contributed by atoms with E-state index in [-0.39, 0.29) is 24.4 Å². The molecule has 142 valence electrons. The molecule has 1 fully saturated rings. The number of benzene rings is 1. The first-order valence-electron chi connectivity index (χ1n) is 8.87. The molecule has 2 aromatic rings. The topological polar surface area (TPSA) is 87.7 Å². The molecule has 1 aliphatic heterocycles. The molecular weight excluding hydrogens is 346 g/mol. The predicted molar refractivity (Wildman–Crippen MR) is 102 cm³/mol. The number of carbonyl (C=O) groups is 2. The highest BCUT2D eigenvalue weighted by molar-refractivity contribution is 5.98. The fraction of sp³-hybridized carbons (Fsp3) is 0.368. The number of amides is 3. The number of nitrogens with one attached hydrogen (secondary N) is 1. The van der Waals surface area contributed by atoms with E-state index < -0.39 is 0 Å². The van der Waals surface area contributed by atoms with Crippen molar-refractivity contribution in [3.63, 3.8) is 0 Å². The van der Waals surface area contributed by atoms with Crippen LogP contribution in [0.1, 0.15) is 18.3 Å². The Morgan fingerprint density at radius 2 is 1.81 bits per heavy atom. The summed E-state index contributed by atoms with van der Waals surface area (Å²) in [5.41, 5.74) is 2.33. The molecule has 3 amide bonds. The van der Waals surface area contributed by atoms with E-state index >= 15 is 0 Å². The molecule has 0 atom stereocenters. The minimum Gasteiger partial charge on any atom is -0.494 e. The van der Waals surface area contributed by atoms with Crippen molar-refractivity contribution >= 4 is 23.6 Å². The van der Waals surface area contributed by atoms with Crippen molar-refractivity contribution in [2.45, 2.75) is 20.8 Å². The Morgan fingerprint density at radius 3 is 2.44 bits per heavy atom. The van der Waals surface area contributed by atoms with E-state index in [1.54, 1.807) is 4.90 Å². The summed E-state index contributed by atoms with van der Waals surface area (Å²) in [5.74, 6) is 0.701. The van der Waals surface area contributed by atoms with Crippen LogP contribution in [-0.4, -0.2) is 53.0 Å². The van der Waals surface area contributed by atoms with E-state index in [0.717, 1.165) is 22.8 Å². The summed E-state index contributed by atoms with van der Waals surface area (Å²) in [6, 6.07) is 8.98. The van der Waals surface area contributed by atoms with Gasteiger partial charge < -0.3 is 9.64 Å². The molecule has 8 nitrogen and oxygen atoms in total. The van der Waals surface area contributed by atoms with Crippen molar-refractivity contribution in [3.8, 4) is 5.75 Å². The van der Waals surface area contributed by atoms with Crippen LogP contribution in [0.5, 0.6) is 5.75 Å². The van der Waals surface area contributed by atoms with Crippen molar-refractivity contribution in [1.82, 2.24) is 14.9 Å². The highest BCUT2D eigenvalue weighted by Gasteiger charge is 2.31. The summed E-state index contributed by atoms with van der Waals surface area (Å²) in [6.45, 7) is 7.15. The van der Waals surface area contributed by atoms with Gasteiger partial charge in [0.1, 0.15) is 12.3 Å². The smallest absolute Gasteiger partial charge is 0.325 e. The summed E-state index contributed by atoms with van der Waals surface area (Å²) in [4.78, 5) is 36.4. The van der Waals surface area contributed by atoms with E-state index in [1.807, 2.05) is 51.1 Å². The van der Waals surface area contributed by atoms with Gasteiger partial charge in [-0.2, -0.15) is 0 Å². The highest BCUT2D eigenvalue weighted by atomic mass is 16.5. The number of hydrogen-bond acceptors (Lipinski definition) is 5. The Hall–Kier alpha value is -3.16. The summed E-state index contributed by atoms with van der Waals surface area (Å²) in [7, 11) is 0. The van der Waals surface area contributed by atoms with Crippen LogP contribution >= 0.6 is 0 Å². The van der Waals surface area contributed by atoms with Gasteiger partial charge in [0.2, 0.25) is 11.9 Å². The number of nitrogens with zero attached hydrogens (tertiary/aromatic N) is 4. The number of carbonyl (C=O) groups excluding carboxylic acids is 2. The molecule has 1 aromatic carbocycles. The average Bonchev–Trinajstić information content (AvgIpc) is 2.95. The number of urea groups is 1. The maximum atomic E-state index is 12.6. The van der Waals surface area contributed by atoms with Gasteiger partial charge in [0.05, 0.1) is 6.61 Å². The quantitative estimate of drug-likeness (QED) is 0.845. The van der Waals surface area contributed by atoms with Gasteiger partial charge >= 0.3 is 6.03 Å². The molecule has 0 spiro atoms. The first-order chi connectivity index (χ1) is 13.0. The minimum atomic E-state index is -0.318. The molecule has 27 heavy (non-hydrogen) atoms. The van der Waals surface area contributed by atoms with E-state index in [9.17, 15) is 9.59 Å². The fourth-order valence-electron chi connectivity index (χ4n) is 2.98. The minimum absolute atomic E-state index is 0.0390. The lowest BCUT2D eigenvalue weighted by molar-refractivity contribution is -0.116. The Kier molecular flexibility index (Phi) is 5.54. The van der Waals surface area contributed by atoms with Crippen LogP contribution in [0.2, 0.25) is 0 Å². The fourth-order valence-corrected chi connectivity index (χ4v) is 2.98. The lowest BCUT2D eigenvalue weighted by Gasteiger charge is -2.18. The highest BCUT2D eigenvalue weighted by Crippen LogP contribution is 2.23. The van der Waals surface area contributed by atoms with Crippen LogP contribution < -0.4 is 15.0 Å². The zero-order chi connectivity index (χ0) is 19.4. The largest absolute Gasteiger partial charge is 0.494 e. The molecule has 2 heterocycles. The molecule has 0 unspecified atom stereocenters. The Morgan fingerprint density at radius 1 is 1.15 bits per heavy atom. The Labute approximate surface area is 158 Å². The molecule has 1 saturated heterocycles. The Bertz CT molecular complexity index is 817. The van der Waals surface area contributed by atoms with Crippen LogP contribution in [0.15, 0.2) is 30.3 Å². The second-order valence-electron chi connectivity index (χ2n) is 6.31. The summed E-state index contributed by atoms with van der Waals surface area (Å²) in [5, 5.41) is 2.66. The zero-order valence-corrected chi connectivity index (χ0v) is 15.7. The average molecular weight is 369 g/mol. The van der Waals surface area contributed by atoms with E-state index in [0.29, 0.717) is 19.7 Å². The molecular formula is C19H23N5O3. The molecule has 1 aliphatic rings. The van der Waals surface area contributed by atoms with Crippen molar-refractivity contribution in [1.29, 1.82) is 0 Å². The summed E-state index contributed by atoms with van der Waals surface area (Å²) >= 11 is 0. The van der Waals surface area contributed by atoms with E-state index in [4.69, 9.17) is 4.74 Å². The van der Waals surface area contributed by atoms with Gasteiger partial charge in [0.25, 0.3) is 0 Å². The first-order valence-corrected chi connectivity index (χ1v) is 8.87.